The molecule has 1 aliphatic rings. The molecule has 0 spiro atoms. The molecule has 0 aromatic rings. The van der Waals surface area contributed by atoms with Crippen molar-refractivity contribution in [2.45, 2.75) is 45.4 Å². The molecule has 6 heteroatoms. The Morgan fingerprint density at radius 1 is 1.35 bits per heavy atom. The van der Waals surface area contributed by atoms with Crippen molar-refractivity contribution in [3.8, 4) is 0 Å². The molecule has 0 saturated heterocycles. The van der Waals surface area contributed by atoms with Gasteiger partial charge in [-0.05, 0) is 6.42 Å². The maximum absolute atomic E-state index is 10.9. The van der Waals surface area contributed by atoms with Gasteiger partial charge in [0, 0.05) is 6.42 Å². The fraction of sp³-hybridized carbons (Fsp3) is 0.857. The average Bonchev–Trinajstić information content (AvgIpc) is 2.71. The Morgan fingerprint density at radius 3 is 2.65 bits per heavy atom. The molecular weight excluding hydrogens is 267 g/mol. The number of hydrogen-bond acceptors (Lipinski definition) is 4. The zero-order chi connectivity index (χ0) is 14.1. The van der Waals surface area contributed by atoms with Gasteiger partial charge in [0.1, 0.15) is 19.6 Å². The Balaban J connectivity index is 0.00000361. The van der Waals surface area contributed by atoms with Crippen LogP contribution in [-0.2, 0) is 4.79 Å². The minimum absolute atomic E-state index is 0. The van der Waals surface area contributed by atoms with E-state index in [1.165, 1.54) is 19.3 Å². The number of hydrogen-bond donors (Lipinski definition) is 1. The van der Waals surface area contributed by atoms with Crippen molar-refractivity contribution in [3.63, 3.8) is 0 Å². The van der Waals surface area contributed by atoms with E-state index in [1.807, 2.05) is 0 Å². The van der Waals surface area contributed by atoms with Gasteiger partial charge in [0.15, 0.2) is 5.84 Å². The molecule has 0 aliphatic carbocycles. The molecule has 0 aromatic heterocycles. The number of aliphatic carboxylic acids is 1. The number of carboxylic acid groups (broad SMARTS) is 1. The Kier molecular flexibility index (Phi) is 10.8. The fourth-order valence-corrected chi connectivity index (χ4v) is 2.78. The minimum atomic E-state index is -1.06. The number of aliphatic imine (C=N–C) groups is 1. The summed E-state index contributed by atoms with van der Waals surface area (Å²) in [5.41, 5.74) is 0. The summed E-state index contributed by atoms with van der Waals surface area (Å²) >= 11 is 0. The first-order valence-electron chi connectivity index (χ1n) is 7.35. The number of aliphatic hydroxyl groups excluding tert-OH is 1. The van der Waals surface area contributed by atoms with E-state index in [9.17, 15) is 15.0 Å². The van der Waals surface area contributed by atoms with Crippen LogP contribution in [0, 0.1) is 0 Å². The summed E-state index contributed by atoms with van der Waals surface area (Å²) in [4.78, 5) is 15.4. The molecule has 5 nitrogen and oxygen atoms in total. The molecule has 1 rings (SSSR count). The quantitative estimate of drug-likeness (QED) is 0.271. The van der Waals surface area contributed by atoms with Gasteiger partial charge < -0.3 is 15.0 Å². The summed E-state index contributed by atoms with van der Waals surface area (Å²) in [6.45, 7) is 3.89. The molecule has 0 aromatic carbocycles. The van der Waals surface area contributed by atoms with Crippen LogP contribution in [0.25, 0.3) is 0 Å². The second kappa shape index (κ2) is 10.7. The van der Waals surface area contributed by atoms with E-state index in [1.54, 1.807) is 0 Å². The molecule has 20 heavy (non-hydrogen) atoms. The molecule has 1 unspecified atom stereocenters. The smallest absolute Gasteiger partial charge is 0.544 e. The predicted molar refractivity (Wildman–Crippen MR) is 72.6 cm³/mol. The largest absolute Gasteiger partial charge is 1.00 e. The summed E-state index contributed by atoms with van der Waals surface area (Å²) in [5.74, 6) is -0.121. The maximum Gasteiger partial charge on any atom is 1.00 e. The number of rotatable bonds is 10. The van der Waals surface area contributed by atoms with Crippen molar-refractivity contribution in [3.05, 3.63) is 0 Å². The Bertz CT molecular complexity index is 324. The van der Waals surface area contributed by atoms with E-state index < -0.39 is 5.97 Å². The predicted octanol–water partition coefficient (Wildman–Crippen LogP) is -2.68. The molecule has 0 fully saturated rings. The van der Waals surface area contributed by atoms with E-state index in [-0.39, 0.29) is 42.7 Å². The number of carbonyl (C=O) groups excluding carboxylic acids is 1. The third-order valence-corrected chi connectivity index (χ3v) is 3.83. The van der Waals surface area contributed by atoms with Crippen molar-refractivity contribution in [2.75, 3.05) is 32.8 Å². The summed E-state index contributed by atoms with van der Waals surface area (Å²) < 4.78 is 0.298. The molecule has 0 amide bonds. The van der Waals surface area contributed by atoms with Gasteiger partial charge in [-0.2, -0.15) is 0 Å². The van der Waals surface area contributed by atoms with E-state index in [4.69, 9.17) is 0 Å². The first kappa shape index (κ1) is 20.1. The number of unbranched alkanes of at least 4 members (excludes halogenated alkanes) is 4. The van der Waals surface area contributed by atoms with Crippen LogP contribution >= 0.6 is 0 Å². The zero-order valence-corrected chi connectivity index (χ0v) is 14.9. The van der Waals surface area contributed by atoms with E-state index >= 15 is 0 Å². The molecule has 1 aliphatic heterocycles. The summed E-state index contributed by atoms with van der Waals surface area (Å²) in [7, 11) is 0. The molecular formula is C14H26N2NaO3+. The van der Waals surface area contributed by atoms with Crippen LogP contribution in [0.5, 0.6) is 0 Å². The van der Waals surface area contributed by atoms with Crippen LogP contribution in [0.1, 0.15) is 45.4 Å². The SMILES string of the molecule is CCCCCCCC1=NCC[N+]1(CCO)CC(=O)[O-].[Na+]. The van der Waals surface area contributed by atoms with Crippen LogP contribution in [0.2, 0.25) is 0 Å². The number of quaternary nitrogens is 1. The van der Waals surface area contributed by atoms with Gasteiger partial charge in [-0.25, -0.2) is 4.99 Å². The van der Waals surface area contributed by atoms with Crippen molar-refractivity contribution in [1.82, 2.24) is 0 Å². The normalized spacial score (nSPS) is 21.4. The number of carbonyl (C=O) groups is 1. The van der Waals surface area contributed by atoms with Gasteiger partial charge in [0.05, 0.1) is 19.1 Å². The van der Waals surface area contributed by atoms with Crippen molar-refractivity contribution in [2.24, 2.45) is 4.99 Å². The van der Waals surface area contributed by atoms with Gasteiger partial charge in [0.25, 0.3) is 0 Å². The van der Waals surface area contributed by atoms with Crippen molar-refractivity contribution < 1.29 is 49.0 Å². The molecule has 0 bridgehead atoms. The van der Waals surface area contributed by atoms with Crippen LogP contribution in [0.15, 0.2) is 4.99 Å². The van der Waals surface area contributed by atoms with Gasteiger partial charge >= 0.3 is 29.6 Å². The third-order valence-electron chi connectivity index (χ3n) is 3.83. The molecule has 1 N–H and O–H groups in total. The Morgan fingerprint density at radius 2 is 2.05 bits per heavy atom. The molecule has 0 saturated carbocycles. The van der Waals surface area contributed by atoms with Gasteiger partial charge in [0.2, 0.25) is 0 Å². The average molecular weight is 293 g/mol. The number of aliphatic hydroxyl groups is 1. The second-order valence-electron chi connectivity index (χ2n) is 5.31. The topological polar surface area (TPSA) is 72.7 Å². The van der Waals surface area contributed by atoms with E-state index in [0.29, 0.717) is 24.1 Å². The third kappa shape index (κ3) is 6.22. The standard InChI is InChI=1S/C14H26N2O3.Na/c1-2-3-4-5-6-7-13-15-8-9-16(13,10-11-17)12-14(18)19;/h17H,2-12H2,1H3;/q;+1. The van der Waals surface area contributed by atoms with Crippen LogP contribution in [0.4, 0.5) is 0 Å². The Labute approximate surface area is 144 Å². The summed E-state index contributed by atoms with van der Waals surface area (Å²) in [6, 6.07) is 0. The fourth-order valence-electron chi connectivity index (χ4n) is 2.78. The molecule has 1 atom stereocenters. The number of nitrogens with zero attached hydrogens (tertiary/aromatic N) is 2. The van der Waals surface area contributed by atoms with Gasteiger partial charge in [-0.3, -0.25) is 4.48 Å². The van der Waals surface area contributed by atoms with E-state index in [2.05, 4.69) is 11.9 Å². The molecule has 110 valence electrons. The maximum atomic E-state index is 10.9. The monoisotopic (exact) mass is 293 g/mol. The van der Waals surface area contributed by atoms with E-state index in [0.717, 1.165) is 25.1 Å². The zero-order valence-electron chi connectivity index (χ0n) is 12.9. The second-order valence-corrected chi connectivity index (χ2v) is 5.31. The Hall–Kier alpha value is 0.0600. The summed E-state index contributed by atoms with van der Waals surface area (Å²) in [6.07, 6.45) is 6.76. The van der Waals surface area contributed by atoms with Gasteiger partial charge in [-0.15, -0.1) is 0 Å². The van der Waals surface area contributed by atoms with Crippen molar-refractivity contribution in [1.29, 1.82) is 0 Å². The van der Waals surface area contributed by atoms with Gasteiger partial charge in [-0.1, -0.05) is 32.6 Å². The molecule has 0 radical (unpaired) electrons. The first-order valence-corrected chi connectivity index (χ1v) is 7.35. The van der Waals surface area contributed by atoms with Crippen LogP contribution < -0.4 is 34.7 Å². The first-order chi connectivity index (χ1) is 9.14. The van der Waals surface area contributed by atoms with Crippen LogP contribution in [0.3, 0.4) is 0 Å². The number of amidine groups is 1. The van der Waals surface area contributed by atoms with Crippen LogP contribution in [-0.4, -0.2) is 54.2 Å². The number of carboxylic acids is 1. The molecule has 1 heterocycles. The minimum Gasteiger partial charge on any atom is -0.544 e. The summed E-state index contributed by atoms with van der Waals surface area (Å²) in [5, 5.41) is 20.1. The van der Waals surface area contributed by atoms with Crippen molar-refractivity contribution >= 4 is 11.8 Å².